The lowest BCUT2D eigenvalue weighted by Gasteiger charge is -2.45. The zero-order chi connectivity index (χ0) is 13.2. The monoisotopic (exact) mass is 265 g/mol. The van der Waals surface area contributed by atoms with E-state index < -0.39 is 0 Å². The molecule has 19 heavy (non-hydrogen) atoms. The summed E-state index contributed by atoms with van der Waals surface area (Å²) in [5.41, 5.74) is 6.13. The van der Waals surface area contributed by atoms with Gasteiger partial charge in [0.1, 0.15) is 0 Å². The smallest absolute Gasteiger partial charge is 0.221 e. The molecule has 0 aromatic heterocycles. The summed E-state index contributed by atoms with van der Waals surface area (Å²) >= 11 is 0. The second kappa shape index (κ2) is 5.80. The Labute approximate surface area is 115 Å². The lowest BCUT2D eigenvalue weighted by atomic mass is 9.67. The van der Waals surface area contributed by atoms with E-state index in [-0.39, 0.29) is 5.91 Å². The van der Waals surface area contributed by atoms with Crippen LogP contribution >= 0.6 is 0 Å². The van der Waals surface area contributed by atoms with Crippen molar-refractivity contribution in [3.05, 3.63) is 0 Å². The molecule has 0 radical (unpaired) electrons. The van der Waals surface area contributed by atoms with Gasteiger partial charge in [-0.2, -0.15) is 0 Å². The highest BCUT2D eigenvalue weighted by molar-refractivity contribution is 5.77. The maximum Gasteiger partial charge on any atom is 0.221 e. The molecule has 2 saturated carbocycles. The fourth-order valence-corrected chi connectivity index (χ4v) is 4.42. The van der Waals surface area contributed by atoms with Gasteiger partial charge in [-0.3, -0.25) is 4.79 Å². The first-order valence-corrected chi connectivity index (χ1v) is 8.00. The van der Waals surface area contributed by atoms with Crippen LogP contribution in [0.4, 0.5) is 0 Å². The highest BCUT2D eigenvalue weighted by Crippen LogP contribution is 2.39. The fourth-order valence-electron chi connectivity index (χ4n) is 4.42. The van der Waals surface area contributed by atoms with Crippen LogP contribution in [0.2, 0.25) is 0 Å². The average molecular weight is 265 g/mol. The minimum absolute atomic E-state index is 0.247. The number of fused-ring (bicyclic) bond motifs is 2. The van der Waals surface area contributed by atoms with Crippen molar-refractivity contribution in [1.82, 2.24) is 10.6 Å². The van der Waals surface area contributed by atoms with E-state index in [0.29, 0.717) is 36.4 Å². The van der Waals surface area contributed by atoms with Crippen molar-refractivity contribution in [1.29, 1.82) is 0 Å². The summed E-state index contributed by atoms with van der Waals surface area (Å²) in [5.74, 6) is 1.50. The Hall–Kier alpha value is -0.610. The van der Waals surface area contributed by atoms with Crippen molar-refractivity contribution < 1.29 is 4.79 Å². The molecule has 4 nitrogen and oxygen atoms in total. The first kappa shape index (κ1) is 13.4. The lowest BCUT2D eigenvalue weighted by molar-refractivity contribution is -0.123. The summed E-state index contributed by atoms with van der Waals surface area (Å²) in [4.78, 5) is 12.2. The molecule has 2 bridgehead atoms. The molecule has 0 spiro atoms. The van der Waals surface area contributed by atoms with Gasteiger partial charge in [-0.15, -0.1) is 0 Å². The Balaban J connectivity index is 1.54. The molecule has 3 aliphatic rings. The predicted molar refractivity (Wildman–Crippen MR) is 75.6 cm³/mol. The maximum atomic E-state index is 12.2. The molecule has 1 saturated heterocycles. The van der Waals surface area contributed by atoms with Gasteiger partial charge >= 0.3 is 0 Å². The number of rotatable bonds is 3. The van der Waals surface area contributed by atoms with Gasteiger partial charge in [0, 0.05) is 24.5 Å². The molecule has 4 N–H and O–H groups in total. The van der Waals surface area contributed by atoms with Crippen molar-refractivity contribution >= 4 is 5.91 Å². The normalized spacial score (nSPS) is 42.1. The highest BCUT2D eigenvalue weighted by Gasteiger charge is 2.39. The number of amides is 1. The van der Waals surface area contributed by atoms with Crippen molar-refractivity contribution in [3.63, 3.8) is 0 Å². The van der Waals surface area contributed by atoms with Crippen molar-refractivity contribution in [2.75, 3.05) is 6.54 Å². The van der Waals surface area contributed by atoms with Crippen LogP contribution in [-0.4, -0.2) is 30.6 Å². The van der Waals surface area contributed by atoms with Crippen LogP contribution in [0, 0.1) is 11.8 Å². The van der Waals surface area contributed by atoms with Gasteiger partial charge in [-0.25, -0.2) is 0 Å². The molecular formula is C15H27N3O. The van der Waals surface area contributed by atoms with Gasteiger partial charge in [0.25, 0.3) is 0 Å². The Bertz CT molecular complexity index is 313. The first-order chi connectivity index (χ1) is 9.22. The first-order valence-electron chi connectivity index (χ1n) is 8.00. The lowest BCUT2D eigenvalue weighted by Crippen LogP contribution is -2.54. The second-order valence-electron chi connectivity index (χ2n) is 6.77. The maximum absolute atomic E-state index is 12.2. The Morgan fingerprint density at radius 2 is 1.89 bits per heavy atom. The number of nitrogens with one attached hydrogen (secondary N) is 2. The van der Waals surface area contributed by atoms with Gasteiger partial charge in [-0.05, 0) is 56.9 Å². The van der Waals surface area contributed by atoms with Crippen molar-refractivity contribution in [3.8, 4) is 0 Å². The van der Waals surface area contributed by atoms with Crippen LogP contribution in [0.1, 0.15) is 51.4 Å². The molecule has 3 fully saturated rings. The van der Waals surface area contributed by atoms with E-state index in [2.05, 4.69) is 10.6 Å². The van der Waals surface area contributed by atoms with Crippen molar-refractivity contribution in [2.45, 2.75) is 69.5 Å². The molecule has 3 rings (SSSR count). The van der Waals surface area contributed by atoms with Gasteiger partial charge in [0.2, 0.25) is 5.91 Å². The largest absolute Gasteiger partial charge is 0.353 e. The van der Waals surface area contributed by atoms with Gasteiger partial charge in [0.15, 0.2) is 0 Å². The summed E-state index contributed by atoms with van der Waals surface area (Å²) in [5, 5.41) is 6.74. The molecule has 1 amide bonds. The van der Waals surface area contributed by atoms with E-state index in [1.54, 1.807) is 0 Å². The number of hydrogen-bond donors (Lipinski definition) is 3. The molecular weight excluding hydrogens is 238 g/mol. The van der Waals surface area contributed by atoms with Gasteiger partial charge < -0.3 is 16.4 Å². The van der Waals surface area contributed by atoms with E-state index in [1.807, 2.05) is 0 Å². The molecule has 108 valence electrons. The summed E-state index contributed by atoms with van der Waals surface area (Å²) < 4.78 is 0. The van der Waals surface area contributed by atoms with Gasteiger partial charge in [-0.1, -0.05) is 6.42 Å². The molecule has 4 heteroatoms. The molecule has 1 aliphatic heterocycles. The highest BCUT2D eigenvalue weighted by atomic mass is 16.1. The summed E-state index contributed by atoms with van der Waals surface area (Å²) in [6.45, 7) is 1.07. The third-order valence-electron chi connectivity index (χ3n) is 5.30. The van der Waals surface area contributed by atoms with E-state index in [1.165, 1.54) is 25.7 Å². The Kier molecular flexibility index (Phi) is 4.08. The Morgan fingerprint density at radius 3 is 2.53 bits per heavy atom. The molecule has 0 aromatic rings. The van der Waals surface area contributed by atoms with Crippen LogP contribution < -0.4 is 16.4 Å². The van der Waals surface area contributed by atoms with Crippen LogP contribution in [-0.2, 0) is 4.79 Å². The van der Waals surface area contributed by atoms with E-state index in [9.17, 15) is 4.79 Å². The fraction of sp³-hybridized carbons (Fsp3) is 0.933. The summed E-state index contributed by atoms with van der Waals surface area (Å²) in [6.07, 6.45) is 9.03. The quantitative estimate of drug-likeness (QED) is 0.717. The van der Waals surface area contributed by atoms with Crippen LogP contribution in [0.5, 0.6) is 0 Å². The minimum Gasteiger partial charge on any atom is -0.353 e. The zero-order valence-electron chi connectivity index (χ0n) is 11.7. The predicted octanol–water partition coefficient (Wildman–Crippen LogP) is 1.15. The third-order valence-corrected chi connectivity index (χ3v) is 5.30. The second-order valence-corrected chi connectivity index (χ2v) is 6.77. The molecule has 3 unspecified atom stereocenters. The SMILES string of the molecule is NC1CC2CCCC(C1)C2NC(=O)CC1CCCN1. The number of hydrogen-bond acceptors (Lipinski definition) is 3. The molecule has 1 heterocycles. The average Bonchev–Trinajstić information content (AvgIpc) is 2.83. The number of carbonyl (C=O) groups excluding carboxylic acids is 1. The number of nitrogens with two attached hydrogens (primary N) is 1. The zero-order valence-corrected chi connectivity index (χ0v) is 11.7. The summed E-state index contributed by atoms with van der Waals surface area (Å²) in [7, 11) is 0. The van der Waals surface area contributed by atoms with E-state index in [0.717, 1.165) is 25.8 Å². The molecule has 3 atom stereocenters. The summed E-state index contributed by atoms with van der Waals surface area (Å²) in [6, 6.07) is 1.17. The van der Waals surface area contributed by atoms with Crippen LogP contribution in [0.25, 0.3) is 0 Å². The topological polar surface area (TPSA) is 67.1 Å². The minimum atomic E-state index is 0.247. The molecule has 0 aromatic carbocycles. The van der Waals surface area contributed by atoms with Crippen LogP contribution in [0.15, 0.2) is 0 Å². The standard InChI is InChI=1S/C15H27N3O/c16-12-7-10-3-1-4-11(8-12)15(10)18-14(19)9-13-5-2-6-17-13/h10-13,15,17H,1-9,16H2,(H,18,19). The number of carbonyl (C=O) groups is 1. The van der Waals surface area contributed by atoms with Crippen molar-refractivity contribution in [2.24, 2.45) is 17.6 Å². The van der Waals surface area contributed by atoms with E-state index >= 15 is 0 Å². The van der Waals surface area contributed by atoms with Crippen LogP contribution in [0.3, 0.4) is 0 Å². The van der Waals surface area contributed by atoms with E-state index in [4.69, 9.17) is 5.73 Å². The third kappa shape index (κ3) is 3.11. The molecule has 2 aliphatic carbocycles. The van der Waals surface area contributed by atoms with Gasteiger partial charge in [0.05, 0.1) is 0 Å². The Morgan fingerprint density at radius 1 is 1.16 bits per heavy atom.